The van der Waals surface area contributed by atoms with E-state index >= 15 is 0 Å². The quantitative estimate of drug-likeness (QED) is 0.310. The van der Waals surface area contributed by atoms with Crippen LogP contribution >= 0.6 is 24.0 Å². The Bertz CT molecular complexity index is 574. The van der Waals surface area contributed by atoms with E-state index in [4.69, 9.17) is 9.73 Å². The van der Waals surface area contributed by atoms with Gasteiger partial charge in [-0.3, -0.25) is 9.89 Å². The predicted octanol–water partition coefficient (Wildman–Crippen LogP) is 1.64. The highest BCUT2D eigenvalue weighted by molar-refractivity contribution is 14.0. The largest absolute Gasteiger partial charge is 0.377 e. The molecule has 1 aromatic rings. The monoisotopic (exact) mass is 493 g/mol. The molecule has 2 N–H and O–H groups in total. The number of ether oxygens (including phenoxy) is 1. The van der Waals surface area contributed by atoms with Crippen molar-refractivity contribution in [2.24, 2.45) is 4.99 Å². The molecule has 8 nitrogen and oxygen atoms in total. The summed E-state index contributed by atoms with van der Waals surface area (Å²) in [6, 6.07) is 0.742. The minimum Gasteiger partial charge on any atom is -0.377 e. The summed E-state index contributed by atoms with van der Waals surface area (Å²) in [6.07, 6.45) is 1.95. The van der Waals surface area contributed by atoms with Gasteiger partial charge in [0.05, 0.1) is 13.1 Å². The number of aryl methyl sites for hydroxylation is 1. The molecule has 156 valence electrons. The zero-order chi connectivity index (χ0) is 18.9. The molecule has 0 radical (unpaired) electrons. The van der Waals surface area contributed by atoms with E-state index in [1.165, 1.54) is 0 Å². The molecular formula is C18H36IN7O. The van der Waals surface area contributed by atoms with Crippen LogP contribution in [0.1, 0.15) is 45.8 Å². The molecule has 2 rings (SSSR count). The van der Waals surface area contributed by atoms with Gasteiger partial charge in [0.2, 0.25) is 0 Å². The Balaban J connectivity index is 0.00000364. The summed E-state index contributed by atoms with van der Waals surface area (Å²) in [4.78, 5) is 11.8. The zero-order valence-corrected chi connectivity index (χ0v) is 19.7. The van der Waals surface area contributed by atoms with Gasteiger partial charge in [0, 0.05) is 32.2 Å². The summed E-state index contributed by atoms with van der Waals surface area (Å²) in [5.74, 6) is 2.70. The summed E-state index contributed by atoms with van der Waals surface area (Å²) in [5.41, 5.74) is 0. The van der Waals surface area contributed by atoms with Crippen molar-refractivity contribution < 1.29 is 4.74 Å². The first-order valence-electron chi connectivity index (χ1n) is 9.81. The minimum absolute atomic E-state index is 0. The van der Waals surface area contributed by atoms with Crippen molar-refractivity contribution in [3.8, 4) is 0 Å². The van der Waals surface area contributed by atoms with E-state index in [0.717, 1.165) is 63.2 Å². The summed E-state index contributed by atoms with van der Waals surface area (Å²) < 4.78 is 7.13. The highest BCUT2D eigenvalue weighted by Gasteiger charge is 2.22. The number of hydrogen-bond acceptors (Lipinski definition) is 5. The molecule has 2 atom stereocenters. The number of nitrogens with zero attached hydrogens (tertiary/aromatic N) is 5. The maximum atomic E-state index is 5.13. The molecule has 0 bridgehead atoms. The van der Waals surface area contributed by atoms with Crippen LogP contribution in [0.25, 0.3) is 0 Å². The fourth-order valence-electron chi connectivity index (χ4n) is 3.37. The lowest BCUT2D eigenvalue weighted by molar-refractivity contribution is 0.177. The molecule has 0 saturated carbocycles. The van der Waals surface area contributed by atoms with Crippen LogP contribution in [0, 0.1) is 0 Å². The van der Waals surface area contributed by atoms with Crippen molar-refractivity contribution in [1.29, 1.82) is 0 Å². The third kappa shape index (κ3) is 7.19. The number of hydrogen-bond donors (Lipinski definition) is 2. The lowest BCUT2D eigenvalue weighted by Gasteiger charge is -2.27. The molecule has 0 aromatic carbocycles. The molecule has 0 aliphatic carbocycles. The molecule has 0 amide bonds. The molecule has 0 fully saturated rings. The van der Waals surface area contributed by atoms with Crippen LogP contribution in [-0.2, 0) is 24.3 Å². The first-order valence-corrected chi connectivity index (χ1v) is 9.81. The van der Waals surface area contributed by atoms with Crippen LogP contribution in [0.5, 0.6) is 0 Å². The molecule has 1 aromatic heterocycles. The average Bonchev–Trinajstić information content (AvgIpc) is 3.03. The van der Waals surface area contributed by atoms with Crippen molar-refractivity contribution in [2.75, 3.05) is 33.3 Å². The molecule has 0 saturated heterocycles. The van der Waals surface area contributed by atoms with Crippen LogP contribution in [0.2, 0.25) is 0 Å². The topological polar surface area (TPSA) is 79.6 Å². The van der Waals surface area contributed by atoms with Gasteiger partial charge in [-0.15, -0.1) is 24.0 Å². The SMILES string of the molecule is CCNC(=NCC(C)N(CC)CC)NC1CCc2nc(COC)nn2C1.I. The Morgan fingerprint density at radius 3 is 2.74 bits per heavy atom. The number of fused-ring (bicyclic) bond motifs is 1. The molecule has 27 heavy (non-hydrogen) atoms. The second-order valence-corrected chi connectivity index (χ2v) is 6.73. The third-order valence-electron chi connectivity index (χ3n) is 4.81. The summed E-state index contributed by atoms with van der Waals surface area (Å²) >= 11 is 0. The maximum absolute atomic E-state index is 5.13. The zero-order valence-electron chi connectivity index (χ0n) is 17.4. The first kappa shape index (κ1) is 24.1. The number of rotatable bonds is 9. The Kier molecular flexibility index (Phi) is 11.2. The Morgan fingerprint density at radius 1 is 1.37 bits per heavy atom. The van der Waals surface area contributed by atoms with Gasteiger partial charge in [-0.2, -0.15) is 5.10 Å². The predicted molar refractivity (Wildman–Crippen MR) is 120 cm³/mol. The lowest BCUT2D eigenvalue weighted by atomic mass is 10.1. The first-order chi connectivity index (χ1) is 12.6. The second kappa shape index (κ2) is 12.5. The number of nitrogens with one attached hydrogen (secondary N) is 2. The molecule has 2 unspecified atom stereocenters. The number of methoxy groups -OCH3 is 1. The number of likely N-dealkylation sites (N-methyl/N-ethyl adjacent to an activating group) is 1. The fourth-order valence-corrected chi connectivity index (χ4v) is 3.37. The Morgan fingerprint density at radius 2 is 2.11 bits per heavy atom. The molecule has 9 heteroatoms. The van der Waals surface area contributed by atoms with E-state index in [-0.39, 0.29) is 24.0 Å². The van der Waals surface area contributed by atoms with E-state index < -0.39 is 0 Å². The van der Waals surface area contributed by atoms with Crippen LogP contribution in [0.15, 0.2) is 4.99 Å². The van der Waals surface area contributed by atoms with Gasteiger partial charge in [-0.1, -0.05) is 13.8 Å². The molecule has 2 heterocycles. The third-order valence-corrected chi connectivity index (χ3v) is 4.81. The number of aliphatic imine (C=N–C) groups is 1. The molecule has 1 aliphatic heterocycles. The Hall–Kier alpha value is -0.940. The maximum Gasteiger partial charge on any atom is 0.191 e. The second-order valence-electron chi connectivity index (χ2n) is 6.73. The minimum atomic E-state index is 0. The van der Waals surface area contributed by atoms with E-state index in [1.807, 2.05) is 4.68 Å². The van der Waals surface area contributed by atoms with Gasteiger partial charge in [0.25, 0.3) is 0 Å². The summed E-state index contributed by atoms with van der Waals surface area (Å²) in [6.45, 7) is 13.7. The average molecular weight is 493 g/mol. The number of guanidine groups is 1. The van der Waals surface area contributed by atoms with Gasteiger partial charge in [-0.05, 0) is 33.4 Å². The van der Waals surface area contributed by atoms with Gasteiger partial charge >= 0.3 is 0 Å². The van der Waals surface area contributed by atoms with Crippen molar-refractivity contribution >= 4 is 29.9 Å². The molecular weight excluding hydrogens is 457 g/mol. The Labute approximate surface area is 180 Å². The van der Waals surface area contributed by atoms with Crippen molar-refractivity contribution in [3.05, 3.63) is 11.6 Å². The van der Waals surface area contributed by atoms with E-state index in [0.29, 0.717) is 18.7 Å². The normalized spacial score (nSPS) is 18.0. The van der Waals surface area contributed by atoms with E-state index in [9.17, 15) is 0 Å². The highest BCUT2D eigenvalue weighted by Crippen LogP contribution is 2.13. The van der Waals surface area contributed by atoms with Crippen molar-refractivity contribution in [2.45, 2.75) is 65.8 Å². The fraction of sp³-hybridized carbons (Fsp3) is 0.833. The van der Waals surface area contributed by atoms with Gasteiger partial charge in [0.15, 0.2) is 11.8 Å². The van der Waals surface area contributed by atoms with Crippen molar-refractivity contribution in [3.63, 3.8) is 0 Å². The van der Waals surface area contributed by atoms with Crippen LogP contribution in [0.4, 0.5) is 0 Å². The summed E-state index contributed by atoms with van der Waals surface area (Å²) in [7, 11) is 1.67. The van der Waals surface area contributed by atoms with Gasteiger partial charge in [0.1, 0.15) is 12.4 Å². The molecule has 0 spiro atoms. The highest BCUT2D eigenvalue weighted by atomic mass is 127. The standard InChI is InChI=1S/C18H35N7O.HI/c1-6-19-18(20-11-14(4)24(7-2)8-3)21-15-9-10-17-22-16(13-26-5)23-25(17)12-15;/h14-15H,6-13H2,1-5H3,(H2,19,20,21);1H. The number of aromatic nitrogens is 3. The van der Waals surface area contributed by atoms with Gasteiger partial charge in [-0.25, -0.2) is 9.67 Å². The lowest BCUT2D eigenvalue weighted by Crippen LogP contribution is -2.47. The van der Waals surface area contributed by atoms with Crippen LogP contribution < -0.4 is 10.6 Å². The van der Waals surface area contributed by atoms with Crippen LogP contribution in [-0.4, -0.2) is 71.0 Å². The van der Waals surface area contributed by atoms with E-state index in [2.05, 4.69) is 53.3 Å². The smallest absolute Gasteiger partial charge is 0.191 e. The van der Waals surface area contributed by atoms with E-state index in [1.54, 1.807) is 7.11 Å². The molecule has 1 aliphatic rings. The van der Waals surface area contributed by atoms with Gasteiger partial charge < -0.3 is 15.4 Å². The van der Waals surface area contributed by atoms with Crippen LogP contribution in [0.3, 0.4) is 0 Å². The van der Waals surface area contributed by atoms with Crippen molar-refractivity contribution in [1.82, 2.24) is 30.3 Å². The number of halogens is 1. The summed E-state index contributed by atoms with van der Waals surface area (Å²) in [5, 5.41) is 11.5.